The van der Waals surface area contributed by atoms with E-state index >= 15 is 0 Å². The van der Waals surface area contributed by atoms with Crippen molar-refractivity contribution in [2.45, 2.75) is 45.2 Å². The first-order chi connectivity index (χ1) is 13.9. The highest BCUT2D eigenvalue weighted by Crippen LogP contribution is 2.24. The molecule has 0 saturated carbocycles. The third-order valence-electron chi connectivity index (χ3n) is 5.52. The van der Waals surface area contributed by atoms with E-state index in [9.17, 15) is 13.2 Å². The van der Waals surface area contributed by atoms with Crippen molar-refractivity contribution in [3.8, 4) is 5.75 Å². The van der Waals surface area contributed by atoms with Crippen molar-refractivity contribution in [2.24, 2.45) is 0 Å². The van der Waals surface area contributed by atoms with Gasteiger partial charge in [-0.3, -0.25) is 4.79 Å². The van der Waals surface area contributed by atoms with Crippen molar-refractivity contribution in [3.63, 3.8) is 0 Å². The second kappa shape index (κ2) is 9.44. The van der Waals surface area contributed by atoms with Crippen molar-refractivity contribution < 1.29 is 17.9 Å². The van der Waals surface area contributed by atoms with Gasteiger partial charge in [-0.1, -0.05) is 55.5 Å². The van der Waals surface area contributed by atoms with Crippen LogP contribution in [0.5, 0.6) is 5.75 Å². The zero-order chi connectivity index (χ0) is 20.9. The van der Waals surface area contributed by atoms with Gasteiger partial charge in [0, 0.05) is 18.5 Å². The van der Waals surface area contributed by atoms with Crippen LogP contribution in [0.4, 0.5) is 0 Å². The van der Waals surface area contributed by atoms with Crippen LogP contribution in [-0.4, -0.2) is 49.4 Å². The van der Waals surface area contributed by atoms with Gasteiger partial charge in [0.1, 0.15) is 5.75 Å². The first-order valence-electron chi connectivity index (χ1n) is 10.2. The normalized spacial score (nSPS) is 18.9. The number of rotatable bonds is 8. The molecular weight excluding hydrogens is 386 g/mol. The van der Waals surface area contributed by atoms with Gasteiger partial charge in [0.15, 0.2) is 16.4 Å². The van der Waals surface area contributed by atoms with Gasteiger partial charge in [0.25, 0.3) is 5.91 Å². The van der Waals surface area contributed by atoms with Crippen LogP contribution in [0.25, 0.3) is 0 Å². The number of amides is 1. The standard InChI is InChI=1S/C23H29NO4S/c1-3-18(2)24(21-13-14-29(26,27)17-21)23(25)16-28-22-12-8-7-11-20(22)15-19-9-5-4-6-10-19/h4-12,18,21H,3,13-17H2,1-2H3/t18-,21+/m1/s1. The Labute approximate surface area is 173 Å². The predicted molar refractivity (Wildman–Crippen MR) is 115 cm³/mol. The third-order valence-corrected chi connectivity index (χ3v) is 7.27. The minimum atomic E-state index is -3.06. The van der Waals surface area contributed by atoms with Crippen LogP contribution >= 0.6 is 0 Å². The molecule has 1 saturated heterocycles. The van der Waals surface area contributed by atoms with Gasteiger partial charge in [-0.05, 0) is 37.0 Å². The molecule has 1 heterocycles. The quantitative estimate of drug-likeness (QED) is 0.662. The molecule has 6 heteroatoms. The molecule has 2 aromatic rings. The monoisotopic (exact) mass is 415 g/mol. The lowest BCUT2D eigenvalue weighted by Gasteiger charge is -2.33. The summed E-state index contributed by atoms with van der Waals surface area (Å²) in [7, 11) is -3.06. The predicted octanol–water partition coefficient (Wildman–Crippen LogP) is 3.47. The Balaban J connectivity index is 1.70. The molecule has 29 heavy (non-hydrogen) atoms. The van der Waals surface area contributed by atoms with E-state index in [-0.39, 0.29) is 36.1 Å². The number of carbonyl (C=O) groups excluding carboxylic acids is 1. The van der Waals surface area contributed by atoms with Gasteiger partial charge in [0.05, 0.1) is 11.5 Å². The van der Waals surface area contributed by atoms with Crippen molar-refractivity contribution in [2.75, 3.05) is 18.1 Å². The molecule has 1 aliphatic heterocycles. The first-order valence-corrected chi connectivity index (χ1v) is 12.0. The maximum Gasteiger partial charge on any atom is 0.261 e. The van der Waals surface area contributed by atoms with Crippen molar-refractivity contribution in [3.05, 3.63) is 65.7 Å². The molecular formula is C23H29NO4S. The fraction of sp³-hybridized carbons (Fsp3) is 0.435. The molecule has 5 nitrogen and oxygen atoms in total. The smallest absolute Gasteiger partial charge is 0.261 e. The molecule has 1 fully saturated rings. The van der Waals surface area contributed by atoms with E-state index in [1.165, 1.54) is 5.56 Å². The highest BCUT2D eigenvalue weighted by atomic mass is 32.2. The lowest BCUT2D eigenvalue weighted by molar-refractivity contribution is -0.137. The summed E-state index contributed by atoms with van der Waals surface area (Å²) in [5.41, 5.74) is 2.19. The van der Waals surface area contributed by atoms with E-state index in [1.807, 2.05) is 56.3 Å². The number of nitrogens with zero attached hydrogens (tertiary/aromatic N) is 1. The number of benzene rings is 2. The van der Waals surface area contributed by atoms with Crippen LogP contribution in [0.2, 0.25) is 0 Å². The summed E-state index contributed by atoms with van der Waals surface area (Å²) in [6.45, 7) is 3.88. The molecule has 0 aliphatic carbocycles. The van der Waals surface area contributed by atoms with E-state index in [0.29, 0.717) is 12.2 Å². The van der Waals surface area contributed by atoms with Crippen LogP contribution in [0, 0.1) is 0 Å². The molecule has 0 radical (unpaired) electrons. The van der Waals surface area contributed by atoms with E-state index in [4.69, 9.17) is 4.74 Å². The maximum atomic E-state index is 13.0. The first kappa shape index (κ1) is 21.4. The molecule has 0 bridgehead atoms. The van der Waals surface area contributed by atoms with Gasteiger partial charge in [-0.15, -0.1) is 0 Å². The van der Waals surface area contributed by atoms with Crippen molar-refractivity contribution >= 4 is 15.7 Å². The second-order valence-electron chi connectivity index (χ2n) is 7.67. The summed E-state index contributed by atoms with van der Waals surface area (Å²) in [6, 6.07) is 17.6. The van der Waals surface area contributed by atoms with Crippen LogP contribution < -0.4 is 4.74 Å². The topological polar surface area (TPSA) is 63.7 Å². The summed E-state index contributed by atoms with van der Waals surface area (Å²) in [5.74, 6) is 0.732. The molecule has 0 spiro atoms. The summed E-state index contributed by atoms with van der Waals surface area (Å²) < 4.78 is 29.7. The van der Waals surface area contributed by atoms with E-state index < -0.39 is 9.84 Å². The number of ether oxygens (including phenoxy) is 1. The van der Waals surface area contributed by atoms with Gasteiger partial charge in [-0.25, -0.2) is 8.42 Å². The molecule has 0 aromatic heterocycles. The second-order valence-corrected chi connectivity index (χ2v) is 9.90. The summed E-state index contributed by atoms with van der Waals surface area (Å²) in [6.07, 6.45) is 2.00. The van der Waals surface area contributed by atoms with Gasteiger partial charge >= 0.3 is 0 Å². The molecule has 2 atom stereocenters. The number of carbonyl (C=O) groups is 1. The SMILES string of the molecule is CC[C@@H](C)N(C(=O)COc1ccccc1Cc1ccccc1)[C@H]1CCS(=O)(=O)C1. The number of hydrogen-bond acceptors (Lipinski definition) is 4. The Morgan fingerprint density at radius 2 is 1.83 bits per heavy atom. The lowest BCUT2D eigenvalue weighted by Crippen LogP contribution is -2.48. The Morgan fingerprint density at radius 3 is 2.48 bits per heavy atom. The molecule has 3 rings (SSSR count). The van der Waals surface area contributed by atoms with Crippen LogP contribution in [0.15, 0.2) is 54.6 Å². The minimum absolute atomic E-state index is 0.0241. The molecule has 0 unspecified atom stereocenters. The third kappa shape index (κ3) is 5.60. The van der Waals surface area contributed by atoms with Gasteiger partial charge in [-0.2, -0.15) is 0 Å². The van der Waals surface area contributed by atoms with Gasteiger partial charge < -0.3 is 9.64 Å². The zero-order valence-corrected chi connectivity index (χ0v) is 17.9. The van der Waals surface area contributed by atoms with E-state index in [0.717, 1.165) is 18.4 Å². The number of para-hydroxylation sites is 1. The number of hydrogen-bond donors (Lipinski definition) is 0. The zero-order valence-electron chi connectivity index (χ0n) is 17.1. The van der Waals surface area contributed by atoms with E-state index in [2.05, 4.69) is 12.1 Å². The highest BCUT2D eigenvalue weighted by Gasteiger charge is 2.36. The lowest BCUT2D eigenvalue weighted by atomic mass is 10.0. The Morgan fingerprint density at radius 1 is 1.14 bits per heavy atom. The molecule has 0 N–H and O–H groups in total. The molecule has 2 aromatic carbocycles. The molecule has 1 aliphatic rings. The Hall–Kier alpha value is -2.34. The number of sulfone groups is 1. The van der Waals surface area contributed by atoms with Gasteiger partial charge in [0.2, 0.25) is 0 Å². The van der Waals surface area contributed by atoms with Crippen molar-refractivity contribution in [1.82, 2.24) is 4.90 Å². The Bertz CT molecular complexity index is 927. The minimum Gasteiger partial charge on any atom is -0.483 e. The van der Waals surface area contributed by atoms with E-state index in [1.54, 1.807) is 4.90 Å². The summed E-state index contributed by atoms with van der Waals surface area (Å²) in [4.78, 5) is 14.7. The Kier molecular flexibility index (Phi) is 6.96. The maximum absolute atomic E-state index is 13.0. The van der Waals surface area contributed by atoms with Crippen molar-refractivity contribution in [1.29, 1.82) is 0 Å². The van der Waals surface area contributed by atoms with Crippen LogP contribution in [0.3, 0.4) is 0 Å². The largest absolute Gasteiger partial charge is 0.483 e. The van der Waals surface area contributed by atoms with Crippen LogP contribution in [-0.2, 0) is 21.1 Å². The average molecular weight is 416 g/mol. The summed E-state index contributed by atoms with van der Waals surface area (Å²) in [5, 5.41) is 0. The fourth-order valence-corrected chi connectivity index (χ4v) is 5.53. The molecule has 1 amide bonds. The molecule has 156 valence electrons. The van der Waals surface area contributed by atoms with Crippen LogP contribution in [0.1, 0.15) is 37.8 Å². The summed E-state index contributed by atoms with van der Waals surface area (Å²) >= 11 is 0. The highest BCUT2D eigenvalue weighted by molar-refractivity contribution is 7.91. The average Bonchev–Trinajstić information content (AvgIpc) is 3.07. The fourth-order valence-electron chi connectivity index (χ4n) is 3.82.